The van der Waals surface area contributed by atoms with Crippen molar-refractivity contribution in [2.24, 2.45) is 0 Å². The number of thiazole rings is 2. The summed E-state index contributed by atoms with van der Waals surface area (Å²) in [6, 6.07) is 3.64. The molecule has 1 amide bonds. The van der Waals surface area contributed by atoms with Gasteiger partial charge in [0.25, 0.3) is 5.91 Å². The van der Waals surface area contributed by atoms with Crippen molar-refractivity contribution in [1.29, 1.82) is 0 Å². The summed E-state index contributed by atoms with van der Waals surface area (Å²) in [5.41, 5.74) is 0.452. The summed E-state index contributed by atoms with van der Waals surface area (Å²) < 4.78 is 5.31. The molecule has 3 aromatic heterocycles. The summed E-state index contributed by atoms with van der Waals surface area (Å²) in [7, 11) is 0. The van der Waals surface area contributed by atoms with Crippen molar-refractivity contribution >= 4 is 28.6 Å². The van der Waals surface area contributed by atoms with Crippen molar-refractivity contribution in [2.75, 3.05) is 0 Å². The Bertz CT molecular complexity index is 759. The fourth-order valence-corrected chi connectivity index (χ4v) is 3.46. The Kier molecular flexibility index (Phi) is 3.85. The van der Waals surface area contributed by atoms with Gasteiger partial charge in [-0.25, -0.2) is 9.97 Å². The van der Waals surface area contributed by atoms with Crippen LogP contribution in [0.25, 0.3) is 10.8 Å². The van der Waals surface area contributed by atoms with Gasteiger partial charge in [0.2, 0.25) is 0 Å². The fourth-order valence-electron chi connectivity index (χ4n) is 1.85. The number of hydrogen-bond acceptors (Lipinski definition) is 6. The molecule has 7 heteroatoms. The molecule has 0 unspecified atom stereocenters. The smallest absolute Gasteiger partial charge is 0.271 e. The first-order valence-electron chi connectivity index (χ1n) is 6.34. The molecule has 0 saturated heterocycles. The molecule has 21 heavy (non-hydrogen) atoms. The van der Waals surface area contributed by atoms with Crippen LogP contribution in [0.2, 0.25) is 0 Å². The van der Waals surface area contributed by atoms with E-state index in [1.165, 1.54) is 11.3 Å². The maximum Gasteiger partial charge on any atom is 0.271 e. The van der Waals surface area contributed by atoms with Crippen molar-refractivity contribution < 1.29 is 9.21 Å². The first-order valence-corrected chi connectivity index (χ1v) is 7.97. The monoisotopic (exact) mass is 319 g/mol. The molecule has 0 bridgehead atoms. The van der Waals surface area contributed by atoms with Crippen molar-refractivity contribution in [3.63, 3.8) is 0 Å². The predicted molar refractivity (Wildman–Crippen MR) is 82.6 cm³/mol. The van der Waals surface area contributed by atoms with Crippen LogP contribution in [0.15, 0.2) is 29.0 Å². The van der Waals surface area contributed by atoms with Gasteiger partial charge in [-0.3, -0.25) is 4.79 Å². The summed E-state index contributed by atoms with van der Waals surface area (Å²) in [5, 5.41) is 4.58. The highest BCUT2D eigenvalue weighted by molar-refractivity contribution is 7.15. The van der Waals surface area contributed by atoms with Gasteiger partial charge in [-0.05, 0) is 26.0 Å². The van der Waals surface area contributed by atoms with Crippen molar-refractivity contribution in [3.05, 3.63) is 45.0 Å². The lowest BCUT2D eigenvalue weighted by molar-refractivity contribution is 0.0946. The van der Waals surface area contributed by atoms with E-state index < -0.39 is 0 Å². The van der Waals surface area contributed by atoms with Crippen LogP contribution in [0, 0.1) is 13.8 Å². The van der Waals surface area contributed by atoms with Gasteiger partial charge in [0.15, 0.2) is 10.8 Å². The van der Waals surface area contributed by atoms with Crippen LogP contribution in [-0.2, 0) is 6.54 Å². The van der Waals surface area contributed by atoms with E-state index in [1.54, 1.807) is 29.9 Å². The highest BCUT2D eigenvalue weighted by Gasteiger charge is 2.17. The maximum atomic E-state index is 12.2. The Labute approximate surface area is 129 Å². The van der Waals surface area contributed by atoms with Gasteiger partial charge in [-0.1, -0.05) is 0 Å². The average molecular weight is 319 g/mol. The summed E-state index contributed by atoms with van der Waals surface area (Å²) >= 11 is 3.02. The molecule has 3 rings (SSSR count). The minimum absolute atomic E-state index is 0.174. The second-order valence-electron chi connectivity index (χ2n) is 4.43. The van der Waals surface area contributed by atoms with Crippen LogP contribution < -0.4 is 5.32 Å². The highest BCUT2D eigenvalue weighted by Crippen LogP contribution is 2.27. The van der Waals surface area contributed by atoms with E-state index in [4.69, 9.17) is 4.42 Å². The van der Waals surface area contributed by atoms with Crippen LogP contribution in [0.3, 0.4) is 0 Å². The minimum atomic E-state index is -0.174. The molecule has 0 aliphatic rings. The first kappa shape index (κ1) is 14.0. The topological polar surface area (TPSA) is 68.0 Å². The predicted octanol–water partition coefficient (Wildman–Crippen LogP) is 3.41. The Morgan fingerprint density at radius 1 is 1.38 bits per heavy atom. The largest absolute Gasteiger partial charge is 0.462 e. The van der Waals surface area contributed by atoms with Crippen LogP contribution >= 0.6 is 22.7 Å². The molecule has 3 aromatic rings. The number of aromatic nitrogens is 2. The second kappa shape index (κ2) is 5.79. The van der Waals surface area contributed by atoms with Crippen LogP contribution in [-0.4, -0.2) is 15.9 Å². The Balaban J connectivity index is 1.72. The van der Waals surface area contributed by atoms with Gasteiger partial charge in [0.1, 0.15) is 5.69 Å². The Morgan fingerprint density at radius 2 is 2.24 bits per heavy atom. The number of nitrogens with one attached hydrogen (secondary N) is 1. The number of furan rings is 1. The standard InChI is InChI=1S/C14H13N3O2S2/c1-8-12(17-14(20-8)11-4-3-5-19-11)13(18)16-7-10-6-15-9(2)21-10/h3-6H,7H2,1-2H3,(H,16,18). The molecule has 1 N–H and O–H groups in total. The quantitative estimate of drug-likeness (QED) is 0.800. The zero-order valence-corrected chi connectivity index (χ0v) is 13.2. The molecular formula is C14H13N3O2S2. The number of carbonyl (C=O) groups is 1. The average Bonchev–Trinajstić information content (AvgIpc) is 3.16. The number of rotatable bonds is 4. The number of amides is 1. The van der Waals surface area contributed by atoms with Crippen molar-refractivity contribution in [1.82, 2.24) is 15.3 Å². The van der Waals surface area contributed by atoms with Crippen LogP contribution in [0.4, 0.5) is 0 Å². The minimum Gasteiger partial charge on any atom is -0.462 e. The lowest BCUT2D eigenvalue weighted by atomic mass is 10.3. The van der Waals surface area contributed by atoms with Gasteiger partial charge in [0, 0.05) is 16.0 Å². The zero-order valence-electron chi connectivity index (χ0n) is 11.5. The second-order valence-corrected chi connectivity index (χ2v) is 6.95. The molecule has 0 saturated carbocycles. The van der Waals surface area contributed by atoms with E-state index in [9.17, 15) is 4.79 Å². The molecule has 5 nitrogen and oxygen atoms in total. The molecule has 0 radical (unpaired) electrons. The molecular weight excluding hydrogens is 306 g/mol. The van der Waals surface area contributed by atoms with E-state index in [1.807, 2.05) is 19.9 Å². The number of hydrogen-bond donors (Lipinski definition) is 1. The molecule has 0 fully saturated rings. The number of carbonyl (C=O) groups excluding carboxylic acids is 1. The normalized spacial score (nSPS) is 10.8. The van der Waals surface area contributed by atoms with Gasteiger partial charge in [-0.15, -0.1) is 22.7 Å². The molecule has 0 spiro atoms. The molecule has 0 aromatic carbocycles. The van der Waals surface area contributed by atoms with E-state index in [2.05, 4.69) is 15.3 Å². The third kappa shape index (κ3) is 3.03. The van der Waals surface area contributed by atoms with E-state index in [0.717, 1.165) is 19.8 Å². The summed E-state index contributed by atoms with van der Waals surface area (Å²) in [6.45, 7) is 4.30. The van der Waals surface area contributed by atoms with E-state index in [0.29, 0.717) is 18.0 Å². The third-order valence-corrected chi connectivity index (χ3v) is 4.73. The molecule has 0 atom stereocenters. The molecule has 0 aliphatic heterocycles. The summed E-state index contributed by atoms with van der Waals surface area (Å²) in [6.07, 6.45) is 3.38. The Hall–Kier alpha value is -1.99. The third-order valence-electron chi connectivity index (χ3n) is 2.84. The maximum absolute atomic E-state index is 12.2. The van der Waals surface area contributed by atoms with Crippen molar-refractivity contribution in [2.45, 2.75) is 20.4 Å². The van der Waals surface area contributed by atoms with Crippen LogP contribution in [0.5, 0.6) is 0 Å². The molecule has 108 valence electrons. The van der Waals surface area contributed by atoms with Gasteiger partial charge < -0.3 is 9.73 Å². The lowest BCUT2D eigenvalue weighted by Gasteiger charge is -2.01. The summed E-state index contributed by atoms with van der Waals surface area (Å²) in [5.74, 6) is 0.507. The van der Waals surface area contributed by atoms with E-state index >= 15 is 0 Å². The van der Waals surface area contributed by atoms with Crippen LogP contribution in [0.1, 0.15) is 25.3 Å². The molecule has 0 aliphatic carbocycles. The van der Waals surface area contributed by atoms with Gasteiger partial charge >= 0.3 is 0 Å². The lowest BCUT2D eigenvalue weighted by Crippen LogP contribution is -2.23. The van der Waals surface area contributed by atoms with Gasteiger partial charge in [-0.2, -0.15) is 0 Å². The molecule has 3 heterocycles. The SMILES string of the molecule is Cc1ncc(CNC(=O)c2nc(-c3ccco3)sc2C)s1. The summed E-state index contributed by atoms with van der Waals surface area (Å²) in [4.78, 5) is 22.7. The van der Waals surface area contributed by atoms with E-state index in [-0.39, 0.29) is 5.91 Å². The number of nitrogens with zero attached hydrogens (tertiary/aromatic N) is 2. The zero-order chi connectivity index (χ0) is 14.8. The van der Waals surface area contributed by atoms with Gasteiger partial charge in [0.05, 0.1) is 17.8 Å². The fraction of sp³-hybridized carbons (Fsp3) is 0.214. The number of aryl methyl sites for hydroxylation is 2. The van der Waals surface area contributed by atoms with Crippen molar-refractivity contribution in [3.8, 4) is 10.8 Å². The highest BCUT2D eigenvalue weighted by atomic mass is 32.1. The Morgan fingerprint density at radius 3 is 2.90 bits per heavy atom. The first-order chi connectivity index (χ1) is 10.1.